The maximum Gasteiger partial charge on any atom is 0.124 e. The average molecular weight is 298 g/mol. The summed E-state index contributed by atoms with van der Waals surface area (Å²) in [5.74, 6) is -0.281. The lowest BCUT2D eigenvalue weighted by molar-refractivity contribution is 0.617. The number of halogens is 2. The van der Waals surface area contributed by atoms with Gasteiger partial charge in [-0.1, -0.05) is 15.9 Å². The molecule has 2 N–H and O–H groups in total. The Balaban J connectivity index is 2.16. The number of aromatic nitrogens is 2. The van der Waals surface area contributed by atoms with Crippen molar-refractivity contribution < 1.29 is 4.39 Å². The van der Waals surface area contributed by atoms with E-state index in [4.69, 9.17) is 5.73 Å². The van der Waals surface area contributed by atoms with Gasteiger partial charge in [-0.2, -0.15) is 5.10 Å². The molecule has 0 amide bonds. The third-order valence-corrected chi connectivity index (χ3v) is 2.98. The third kappa shape index (κ3) is 3.14. The first-order valence-electron chi connectivity index (χ1n) is 5.23. The van der Waals surface area contributed by atoms with E-state index >= 15 is 0 Å². The van der Waals surface area contributed by atoms with Gasteiger partial charge in [0.2, 0.25) is 0 Å². The minimum atomic E-state index is -0.281. The fraction of sp³-hybridized carbons (Fsp3) is 0.250. The van der Waals surface area contributed by atoms with Crippen molar-refractivity contribution in [1.29, 1.82) is 0 Å². The summed E-state index contributed by atoms with van der Waals surface area (Å²) in [6.07, 6.45) is 4.33. The van der Waals surface area contributed by atoms with Gasteiger partial charge in [0.1, 0.15) is 5.82 Å². The Morgan fingerprint density at radius 1 is 1.47 bits per heavy atom. The van der Waals surface area contributed by atoms with E-state index in [1.807, 2.05) is 19.3 Å². The molecule has 0 aliphatic rings. The first-order valence-corrected chi connectivity index (χ1v) is 6.03. The molecule has 0 bridgehead atoms. The van der Waals surface area contributed by atoms with Crippen LogP contribution in [-0.2, 0) is 13.5 Å². The van der Waals surface area contributed by atoms with Crippen LogP contribution in [0.25, 0.3) is 0 Å². The van der Waals surface area contributed by atoms with Crippen molar-refractivity contribution >= 4 is 15.9 Å². The third-order valence-electron chi connectivity index (χ3n) is 2.53. The van der Waals surface area contributed by atoms with Crippen molar-refractivity contribution in [2.75, 3.05) is 0 Å². The molecule has 1 unspecified atom stereocenters. The topological polar surface area (TPSA) is 43.8 Å². The van der Waals surface area contributed by atoms with E-state index in [1.54, 1.807) is 10.9 Å². The molecule has 3 nitrogen and oxygen atoms in total. The molecule has 2 rings (SSSR count). The summed E-state index contributed by atoms with van der Waals surface area (Å²) in [7, 11) is 1.85. The number of rotatable bonds is 3. The summed E-state index contributed by atoms with van der Waals surface area (Å²) >= 11 is 3.26. The number of hydrogen-bond donors (Lipinski definition) is 1. The van der Waals surface area contributed by atoms with Gasteiger partial charge in [-0.25, -0.2) is 4.39 Å². The number of nitrogens with zero attached hydrogens (tertiary/aromatic N) is 2. The Hall–Kier alpha value is -1.20. The number of hydrogen-bond acceptors (Lipinski definition) is 2. The highest BCUT2D eigenvalue weighted by Crippen LogP contribution is 2.21. The Kier molecular flexibility index (Phi) is 3.59. The van der Waals surface area contributed by atoms with Crippen molar-refractivity contribution in [3.8, 4) is 0 Å². The summed E-state index contributed by atoms with van der Waals surface area (Å²) < 4.78 is 15.7. The maximum atomic E-state index is 13.2. The Bertz CT molecular complexity index is 504. The van der Waals surface area contributed by atoms with Gasteiger partial charge in [-0.15, -0.1) is 0 Å². The standard InChI is InChI=1S/C12H13BrFN3/c1-17-7-8(6-16-17)2-12(15)9-3-10(13)5-11(14)4-9/h3-7,12H,2,15H2,1H3. The van der Waals surface area contributed by atoms with Crippen molar-refractivity contribution in [3.05, 3.63) is 52.0 Å². The average Bonchev–Trinajstić information content (AvgIpc) is 2.62. The molecule has 0 aliphatic heterocycles. The second-order valence-electron chi connectivity index (χ2n) is 4.04. The number of nitrogens with two attached hydrogens (primary N) is 1. The Morgan fingerprint density at radius 2 is 2.24 bits per heavy atom. The highest BCUT2D eigenvalue weighted by Gasteiger charge is 2.10. The molecule has 1 aromatic carbocycles. The van der Waals surface area contributed by atoms with Gasteiger partial charge < -0.3 is 5.73 Å². The van der Waals surface area contributed by atoms with E-state index in [2.05, 4.69) is 21.0 Å². The molecular weight excluding hydrogens is 285 g/mol. The van der Waals surface area contributed by atoms with Crippen LogP contribution in [0.2, 0.25) is 0 Å². The van der Waals surface area contributed by atoms with Crippen molar-refractivity contribution in [2.24, 2.45) is 12.8 Å². The molecule has 5 heteroatoms. The normalized spacial score (nSPS) is 12.7. The molecule has 17 heavy (non-hydrogen) atoms. The molecule has 0 saturated heterocycles. The van der Waals surface area contributed by atoms with E-state index in [-0.39, 0.29) is 11.9 Å². The smallest absolute Gasteiger partial charge is 0.124 e. The highest BCUT2D eigenvalue weighted by atomic mass is 79.9. The van der Waals surface area contributed by atoms with E-state index in [0.29, 0.717) is 10.9 Å². The molecule has 0 spiro atoms. The lowest BCUT2D eigenvalue weighted by Gasteiger charge is -2.11. The minimum Gasteiger partial charge on any atom is -0.324 e. The Labute approximate surface area is 108 Å². The van der Waals surface area contributed by atoms with E-state index < -0.39 is 0 Å². The van der Waals surface area contributed by atoms with Crippen LogP contribution in [0.1, 0.15) is 17.2 Å². The summed E-state index contributed by atoms with van der Waals surface area (Å²) in [5.41, 5.74) is 7.87. The minimum absolute atomic E-state index is 0.230. The molecular formula is C12H13BrFN3. The molecule has 0 saturated carbocycles. The maximum absolute atomic E-state index is 13.2. The van der Waals surface area contributed by atoms with Crippen LogP contribution in [-0.4, -0.2) is 9.78 Å². The zero-order valence-electron chi connectivity index (χ0n) is 9.40. The molecule has 0 fully saturated rings. The zero-order chi connectivity index (χ0) is 12.4. The second kappa shape index (κ2) is 4.98. The molecule has 0 aliphatic carbocycles. The van der Waals surface area contributed by atoms with E-state index in [1.165, 1.54) is 12.1 Å². The first kappa shape index (κ1) is 12.3. The zero-order valence-corrected chi connectivity index (χ0v) is 11.0. The van der Waals surface area contributed by atoms with Crippen molar-refractivity contribution in [3.63, 3.8) is 0 Å². The molecule has 1 aromatic heterocycles. The first-order chi connectivity index (χ1) is 8.04. The van der Waals surface area contributed by atoms with Crippen molar-refractivity contribution in [1.82, 2.24) is 9.78 Å². The van der Waals surface area contributed by atoms with Gasteiger partial charge in [-0.05, 0) is 35.7 Å². The lowest BCUT2D eigenvalue weighted by atomic mass is 10.0. The fourth-order valence-corrected chi connectivity index (χ4v) is 2.22. The predicted molar refractivity (Wildman–Crippen MR) is 67.9 cm³/mol. The SMILES string of the molecule is Cn1cc(CC(N)c2cc(F)cc(Br)c2)cn1. The highest BCUT2D eigenvalue weighted by molar-refractivity contribution is 9.10. The number of benzene rings is 1. The summed E-state index contributed by atoms with van der Waals surface area (Å²) in [5, 5.41) is 4.08. The van der Waals surface area contributed by atoms with Crippen molar-refractivity contribution in [2.45, 2.75) is 12.5 Å². The van der Waals surface area contributed by atoms with Crippen LogP contribution >= 0.6 is 15.9 Å². The largest absolute Gasteiger partial charge is 0.324 e. The summed E-state index contributed by atoms with van der Waals surface area (Å²) in [6, 6.07) is 4.49. The lowest BCUT2D eigenvalue weighted by Crippen LogP contribution is -2.13. The van der Waals surface area contributed by atoms with Gasteiger partial charge in [0.15, 0.2) is 0 Å². The van der Waals surface area contributed by atoms with Crippen LogP contribution in [0, 0.1) is 5.82 Å². The van der Waals surface area contributed by atoms with Gasteiger partial charge in [0.05, 0.1) is 6.20 Å². The predicted octanol–water partition coefficient (Wildman–Crippen LogP) is 2.56. The van der Waals surface area contributed by atoms with Crippen LogP contribution in [0.15, 0.2) is 35.1 Å². The molecule has 1 heterocycles. The van der Waals surface area contributed by atoms with Crippen LogP contribution in [0.3, 0.4) is 0 Å². The van der Waals surface area contributed by atoms with Gasteiger partial charge in [0.25, 0.3) is 0 Å². The van der Waals surface area contributed by atoms with Gasteiger partial charge in [-0.3, -0.25) is 4.68 Å². The summed E-state index contributed by atoms with van der Waals surface area (Å²) in [6.45, 7) is 0. The van der Waals surface area contributed by atoms with Crippen LogP contribution in [0.5, 0.6) is 0 Å². The van der Waals surface area contributed by atoms with Crippen LogP contribution < -0.4 is 5.73 Å². The van der Waals surface area contributed by atoms with E-state index in [0.717, 1.165) is 11.1 Å². The Morgan fingerprint density at radius 3 is 2.82 bits per heavy atom. The van der Waals surface area contributed by atoms with Gasteiger partial charge >= 0.3 is 0 Å². The monoisotopic (exact) mass is 297 g/mol. The molecule has 2 aromatic rings. The summed E-state index contributed by atoms with van der Waals surface area (Å²) in [4.78, 5) is 0. The quantitative estimate of drug-likeness (QED) is 0.946. The van der Waals surface area contributed by atoms with Gasteiger partial charge in [0, 0.05) is 23.8 Å². The van der Waals surface area contributed by atoms with E-state index in [9.17, 15) is 4.39 Å². The fourth-order valence-electron chi connectivity index (χ4n) is 1.74. The second-order valence-corrected chi connectivity index (χ2v) is 4.95. The molecule has 1 atom stereocenters. The number of aryl methyl sites for hydroxylation is 1. The van der Waals surface area contributed by atoms with Crippen LogP contribution in [0.4, 0.5) is 4.39 Å². The molecule has 0 radical (unpaired) electrons. The molecule has 90 valence electrons.